The third kappa shape index (κ3) is 2.77. The van der Waals surface area contributed by atoms with Crippen LogP contribution in [0.5, 0.6) is 5.75 Å². The molecule has 1 aromatic rings. The van der Waals surface area contributed by atoms with Gasteiger partial charge in [-0.15, -0.1) is 0 Å². The molecule has 1 aliphatic rings. The van der Waals surface area contributed by atoms with E-state index in [1.165, 1.54) is 12.1 Å². The largest absolute Gasteiger partial charge is 0.508 e. The highest BCUT2D eigenvalue weighted by Crippen LogP contribution is 2.37. The molecule has 2 rings (SSSR count). The molecule has 109 valence electrons. The van der Waals surface area contributed by atoms with Crippen LogP contribution in [0.25, 0.3) is 0 Å². The van der Waals surface area contributed by atoms with Gasteiger partial charge in [0.2, 0.25) is 0 Å². The first-order valence-corrected chi connectivity index (χ1v) is 6.52. The van der Waals surface area contributed by atoms with E-state index in [1.807, 2.05) is 0 Å². The Bertz CT molecular complexity index is 498. The molecule has 7 heteroatoms. The van der Waals surface area contributed by atoms with E-state index in [2.05, 4.69) is 23.0 Å². The highest BCUT2D eigenvalue weighted by atomic mass is 32.1. The topological polar surface area (TPSA) is 102 Å². The summed E-state index contributed by atoms with van der Waals surface area (Å²) in [5, 5.41) is 41.9. The number of thiocarbonyl (C=S) groups is 1. The second-order valence-corrected chi connectivity index (χ2v) is 4.94. The lowest BCUT2D eigenvalue weighted by Gasteiger charge is -2.40. The Morgan fingerprint density at radius 2 is 1.90 bits per heavy atom. The van der Waals surface area contributed by atoms with E-state index in [1.54, 1.807) is 13.0 Å². The number of rotatable bonds is 3. The Labute approximate surface area is 121 Å². The summed E-state index contributed by atoms with van der Waals surface area (Å²) in [5.74, 6) is -0.0148. The van der Waals surface area contributed by atoms with E-state index >= 15 is 0 Å². The first-order valence-electron chi connectivity index (χ1n) is 6.11. The number of benzene rings is 1. The minimum absolute atomic E-state index is 0.0148. The van der Waals surface area contributed by atoms with E-state index in [-0.39, 0.29) is 5.75 Å². The van der Waals surface area contributed by atoms with Crippen molar-refractivity contribution in [2.45, 2.75) is 37.4 Å². The summed E-state index contributed by atoms with van der Waals surface area (Å²) in [7, 11) is 0. The van der Waals surface area contributed by atoms with Crippen LogP contribution in [0.4, 0.5) is 5.69 Å². The van der Waals surface area contributed by atoms with Crippen LogP contribution >= 0.6 is 12.2 Å². The van der Waals surface area contributed by atoms with E-state index in [0.29, 0.717) is 11.3 Å². The van der Waals surface area contributed by atoms with Crippen molar-refractivity contribution in [2.75, 3.05) is 5.32 Å². The lowest BCUT2D eigenvalue weighted by atomic mass is 9.91. The zero-order valence-electron chi connectivity index (χ0n) is 10.7. The van der Waals surface area contributed by atoms with Gasteiger partial charge in [-0.25, -0.2) is 0 Å². The first kappa shape index (κ1) is 15.1. The predicted octanol–water partition coefficient (Wildman–Crippen LogP) is 0.181. The molecule has 1 radical (unpaired) electrons. The smallest absolute Gasteiger partial charge is 0.138 e. The highest BCUT2D eigenvalue weighted by Gasteiger charge is 2.43. The predicted molar refractivity (Wildman–Crippen MR) is 75.6 cm³/mol. The Hall–Kier alpha value is -1.25. The van der Waals surface area contributed by atoms with Crippen LogP contribution in [-0.4, -0.2) is 50.3 Å². The number of nitrogens with one attached hydrogen (secondary N) is 1. The van der Waals surface area contributed by atoms with E-state index in [9.17, 15) is 20.4 Å². The van der Waals surface area contributed by atoms with Gasteiger partial charge in [-0.05, 0) is 25.1 Å². The second-order valence-electron chi connectivity index (χ2n) is 4.73. The van der Waals surface area contributed by atoms with Gasteiger partial charge in [0.15, 0.2) is 0 Å². The van der Waals surface area contributed by atoms with Crippen LogP contribution in [0.1, 0.15) is 18.6 Å². The molecule has 0 spiro atoms. The fourth-order valence-corrected chi connectivity index (χ4v) is 2.37. The van der Waals surface area contributed by atoms with E-state index in [4.69, 9.17) is 4.74 Å². The van der Waals surface area contributed by atoms with Gasteiger partial charge < -0.3 is 30.5 Å². The Morgan fingerprint density at radius 1 is 1.20 bits per heavy atom. The number of anilines is 1. The monoisotopic (exact) mass is 298 g/mol. The minimum atomic E-state index is -1.34. The summed E-state index contributed by atoms with van der Waals surface area (Å²) in [5.41, 5.74) is 3.25. The highest BCUT2D eigenvalue weighted by molar-refractivity contribution is 7.79. The molecule has 1 aromatic carbocycles. The number of aromatic hydroxyl groups is 1. The molecular weight excluding hydrogens is 282 g/mol. The fourth-order valence-electron chi connectivity index (χ4n) is 2.26. The van der Waals surface area contributed by atoms with Gasteiger partial charge in [0.05, 0.1) is 6.10 Å². The molecule has 1 aliphatic heterocycles. The molecule has 0 amide bonds. The van der Waals surface area contributed by atoms with Gasteiger partial charge in [-0.1, -0.05) is 12.2 Å². The van der Waals surface area contributed by atoms with Gasteiger partial charge in [0.1, 0.15) is 35.7 Å². The van der Waals surface area contributed by atoms with Gasteiger partial charge in [-0.3, -0.25) is 0 Å². The molecular formula is C13H16NO5S. The summed E-state index contributed by atoms with van der Waals surface area (Å²) in [4.78, 5) is 0. The molecule has 1 fully saturated rings. The normalized spacial score (nSPS) is 33.7. The first-order chi connectivity index (χ1) is 9.45. The lowest BCUT2D eigenvalue weighted by Crippen LogP contribution is -2.53. The molecule has 1 heterocycles. The molecule has 6 nitrogen and oxygen atoms in total. The number of phenolic OH excluding ortho intramolecular Hbond substituents is 1. The maximum absolute atomic E-state index is 10.1. The standard InChI is InChI=1S/C13H16NO5S/c1-6-10(16)11(17)12(18)13(19-6)8-4-7(15)2-3-9(8)14-5-20/h2-4,6,10-13,15-18H,1H3,(H,14,20)/t6-,10-,11+,12+,13-/m0/s1. The number of hydrogen-bond acceptors (Lipinski definition) is 6. The number of phenols is 1. The van der Waals surface area contributed by atoms with Crippen molar-refractivity contribution in [3.63, 3.8) is 0 Å². The molecule has 0 unspecified atom stereocenters. The zero-order chi connectivity index (χ0) is 14.9. The number of aliphatic hydroxyl groups is 3. The lowest BCUT2D eigenvalue weighted by molar-refractivity contribution is -0.219. The molecule has 20 heavy (non-hydrogen) atoms. The van der Waals surface area contributed by atoms with Crippen LogP contribution in [-0.2, 0) is 4.74 Å². The van der Waals surface area contributed by atoms with Crippen LogP contribution in [0.3, 0.4) is 0 Å². The third-order valence-corrected chi connectivity index (χ3v) is 3.48. The van der Waals surface area contributed by atoms with Crippen molar-refractivity contribution in [1.82, 2.24) is 0 Å². The number of aliphatic hydroxyl groups excluding tert-OH is 3. The molecule has 0 saturated carbocycles. The molecule has 0 aromatic heterocycles. The zero-order valence-corrected chi connectivity index (χ0v) is 11.5. The van der Waals surface area contributed by atoms with Crippen molar-refractivity contribution < 1.29 is 25.2 Å². The van der Waals surface area contributed by atoms with Crippen LogP contribution in [0.2, 0.25) is 0 Å². The van der Waals surface area contributed by atoms with E-state index in [0.717, 1.165) is 0 Å². The maximum atomic E-state index is 10.1. The molecule has 0 aliphatic carbocycles. The summed E-state index contributed by atoms with van der Waals surface area (Å²) in [6.07, 6.45) is -5.40. The van der Waals surface area contributed by atoms with Crippen molar-refractivity contribution in [3.05, 3.63) is 23.8 Å². The van der Waals surface area contributed by atoms with Crippen LogP contribution in [0, 0.1) is 0 Å². The number of hydrogen-bond donors (Lipinski definition) is 5. The molecule has 0 bridgehead atoms. The quantitative estimate of drug-likeness (QED) is 0.308. The third-order valence-electron chi connectivity index (χ3n) is 3.38. The van der Waals surface area contributed by atoms with Gasteiger partial charge in [0, 0.05) is 11.3 Å². The van der Waals surface area contributed by atoms with Crippen molar-refractivity contribution >= 4 is 23.4 Å². The summed E-state index contributed by atoms with van der Waals surface area (Å²) >= 11 is 4.61. The number of ether oxygens (including phenoxy) is 1. The van der Waals surface area contributed by atoms with Crippen molar-refractivity contribution in [2.24, 2.45) is 0 Å². The fraction of sp³-hybridized carbons (Fsp3) is 0.462. The maximum Gasteiger partial charge on any atom is 0.138 e. The summed E-state index contributed by atoms with van der Waals surface area (Å²) < 4.78 is 5.54. The average molecular weight is 298 g/mol. The molecule has 5 atom stereocenters. The van der Waals surface area contributed by atoms with Gasteiger partial charge in [-0.2, -0.15) is 0 Å². The van der Waals surface area contributed by atoms with Crippen molar-refractivity contribution in [3.8, 4) is 5.75 Å². The van der Waals surface area contributed by atoms with Gasteiger partial charge in [0.25, 0.3) is 0 Å². The molecule has 5 N–H and O–H groups in total. The van der Waals surface area contributed by atoms with Crippen LogP contribution < -0.4 is 5.32 Å². The Kier molecular flexibility index (Phi) is 4.56. The van der Waals surface area contributed by atoms with Gasteiger partial charge >= 0.3 is 0 Å². The van der Waals surface area contributed by atoms with E-state index < -0.39 is 30.5 Å². The van der Waals surface area contributed by atoms with Crippen molar-refractivity contribution in [1.29, 1.82) is 0 Å². The molecule has 1 saturated heterocycles. The Morgan fingerprint density at radius 3 is 2.55 bits per heavy atom. The summed E-state index contributed by atoms with van der Waals surface area (Å²) in [6.45, 7) is 1.59. The van der Waals surface area contributed by atoms with Crippen LogP contribution in [0.15, 0.2) is 18.2 Å². The minimum Gasteiger partial charge on any atom is -0.508 e. The summed E-state index contributed by atoms with van der Waals surface area (Å²) in [6, 6.07) is 4.41. The Balaban J connectivity index is 2.39. The second kappa shape index (κ2) is 6.02. The average Bonchev–Trinajstić information content (AvgIpc) is 2.43. The SMILES string of the molecule is C[C@@H]1O[C@@H](c2cc(O)ccc2N[C]=S)[C@H](O)[C@H](O)[C@H]1O.